The third-order valence-corrected chi connectivity index (χ3v) is 3.21. The van der Waals surface area contributed by atoms with E-state index in [4.69, 9.17) is 4.42 Å². The second-order valence-electron chi connectivity index (χ2n) is 4.60. The van der Waals surface area contributed by atoms with Gasteiger partial charge in [-0.15, -0.1) is 0 Å². The highest BCUT2D eigenvalue weighted by atomic mass is 16.3. The van der Waals surface area contributed by atoms with Crippen molar-refractivity contribution in [1.82, 2.24) is 10.2 Å². The number of hydrogen-bond donors (Lipinski definition) is 1. The summed E-state index contributed by atoms with van der Waals surface area (Å²) in [4.78, 5) is 14.5. The van der Waals surface area contributed by atoms with E-state index in [2.05, 4.69) is 10.2 Å². The lowest BCUT2D eigenvalue weighted by Crippen LogP contribution is -2.56. The van der Waals surface area contributed by atoms with Gasteiger partial charge in [0.25, 0.3) is 0 Å². The van der Waals surface area contributed by atoms with Crippen molar-refractivity contribution in [3.8, 4) is 0 Å². The predicted octanol–water partition coefficient (Wildman–Crippen LogP) is 1.15. The zero-order valence-electron chi connectivity index (χ0n) is 9.82. The van der Waals surface area contributed by atoms with Crippen LogP contribution in [0.25, 0.3) is 0 Å². The lowest BCUT2D eigenvalue weighted by atomic mass is 9.94. The summed E-state index contributed by atoms with van der Waals surface area (Å²) in [7, 11) is 0. The summed E-state index contributed by atoms with van der Waals surface area (Å²) in [6, 6.07) is 3.48. The Labute approximate surface area is 95.6 Å². The van der Waals surface area contributed by atoms with Crippen LogP contribution in [0.4, 0.5) is 0 Å². The predicted molar refractivity (Wildman–Crippen MR) is 61.6 cm³/mol. The number of ketones is 1. The van der Waals surface area contributed by atoms with E-state index in [-0.39, 0.29) is 5.78 Å². The molecule has 4 heteroatoms. The Morgan fingerprint density at radius 1 is 1.44 bits per heavy atom. The highest BCUT2D eigenvalue weighted by molar-refractivity contribution is 6.00. The minimum absolute atomic E-state index is 0.0550. The van der Waals surface area contributed by atoms with Crippen molar-refractivity contribution in [2.45, 2.75) is 19.4 Å². The molecule has 0 radical (unpaired) electrons. The van der Waals surface area contributed by atoms with E-state index in [9.17, 15) is 4.79 Å². The number of furan rings is 1. The smallest absolute Gasteiger partial charge is 0.217 e. The Bertz CT molecular complexity index is 351. The van der Waals surface area contributed by atoms with E-state index in [0.717, 1.165) is 26.2 Å². The van der Waals surface area contributed by atoms with Gasteiger partial charge in [-0.2, -0.15) is 0 Å². The lowest BCUT2D eigenvalue weighted by Gasteiger charge is -2.39. The Morgan fingerprint density at radius 2 is 2.12 bits per heavy atom. The molecule has 0 aromatic carbocycles. The third-order valence-electron chi connectivity index (χ3n) is 3.21. The lowest BCUT2D eigenvalue weighted by molar-refractivity contribution is 0.0574. The summed E-state index contributed by atoms with van der Waals surface area (Å²) < 4.78 is 5.18. The van der Waals surface area contributed by atoms with Crippen molar-refractivity contribution in [3.05, 3.63) is 24.2 Å². The first-order valence-corrected chi connectivity index (χ1v) is 5.66. The zero-order valence-corrected chi connectivity index (χ0v) is 9.82. The molecule has 0 spiro atoms. The first kappa shape index (κ1) is 11.4. The molecule has 0 saturated carbocycles. The van der Waals surface area contributed by atoms with Gasteiger partial charge in [-0.1, -0.05) is 0 Å². The van der Waals surface area contributed by atoms with Gasteiger partial charge < -0.3 is 9.73 Å². The number of Topliss-reactive ketones (excluding diaryl/α,β-unsaturated/α-hetero) is 1. The molecule has 0 unspecified atom stereocenters. The zero-order chi connectivity index (χ0) is 11.6. The molecule has 1 fully saturated rings. The van der Waals surface area contributed by atoms with Crippen LogP contribution in [0.15, 0.2) is 22.8 Å². The number of nitrogens with one attached hydrogen (secondary N) is 1. The topological polar surface area (TPSA) is 45.5 Å². The summed E-state index contributed by atoms with van der Waals surface area (Å²) in [6.07, 6.45) is 1.54. The van der Waals surface area contributed by atoms with E-state index in [1.807, 2.05) is 13.8 Å². The molecule has 0 aliphatic carbocycles. The van der Waals surface area contributed by atoms with Crippen molar-refractivity contribution in [2.24, 2.45) is 0 Å². The molecule has 1 aliphatic heterocycles. The summed E-state index contributed by atoms with van der Waals surface area (Å²) in [5.41, 5.74) is -0.486. The van der Waals surface area contributed by atoms with Crippen LogP contribution in [0.1, 0.15) is 24.4 Å². The molecule has 1 aliphatic rings. The molecule has 1 saturated heterocycles. The Kier molecular flexibility index (Phi) is 3.12. The standard InChI is InChI=1S/C12H18N2O2/c1-12(2,14-7-5-13-6-8-14)11(15)10-4-3-9-16-10/h3-4,9,13H,5-8H2,1-2H3. The van der Waals surface area contributed by atoms with Crippen LogP contribution in [0.3, 0.4) is 0 Å². The van der Waals surface area contributed by atoms with Gasteiger partial charge in [-0.05, 0) is 26.0 Å². The molecule has 2 heterocycles. The van der Waals surface area contributed by atoms with Gasteiger partial charge in [0.2, 0.25) is 5.78 Å². The monoisotopic (exact) mass is 222 g/mol. The maximum absolute atomic E-state index is 12.3. The number of rotatable bonds is 3. The van der Waals surface area contributed by atoms with Gasteiger partial charge in [0.15, 0.2) is 5.76 Å². The molecule has 1 aromatic heterocycles. The minimum atomic E-state index is -0.486. The van der Waals surface area contributed by atoms with Crippen LogP contribution >= 0.6 is 0 Å². The summed E-state index contributed by atoms with van der Waals surface area (Å²) in [5, 5.41) is 3.28. The second kappa shape index (κ2) is 4.39. The van der Waals surface area contributed by atoms with E-state index in [1.54, 1.807) is 18.4 Å². The van der Waals surface area contributed by atoms with Crippen LogP contribution in [-0.4, -0.2) is 42.4 Å². The summed E-state index contributed by atoms with van der Waals surface area (Å²) in [5.74, 6) is 0.503. The highest BCUT2D eigenvalue weighted by Gasteiger charge is 2.36. The molecular weight excluding hydrogens is 204 g/mol. The first-order valence-electron chi connectivity index (χ1n) is 5.66. The summed E-state index contributed by atoms with van der Waals surface area (Å²) in [6.45, 7) is 7.61. The van der Waals surface area contributed by atoms with E-state index in [1.165, 1.54) is 0 Å². The molecular formula is C12H18N2O2. The molecule has 0 amide bonds. The number of hydrogen-bond acceptors (Lipinski definition) is 4. The van der Waals surface area contributed by atoms with Gasteiger partial charge >= 0.3 is 0 Å². The van der Waals surface area contributed by atoms with Gasteiger partial charge in [-0.25, -0.2) is 0 Å². The second-order valence-corrected chi connectivity index (χ2v) is 4.60. The van der Waals surface area contributed by atoms with Crippen LogP contribution in [-0.2, 0) is 0 Å². The largest absolute Gasteiger partial charge is 0.461 e. The van der Waals surface area contributed by atoms with E-state index < -0.39 is 5.54 Å². The quantitative estimate of drug-likeness (QED) is 0.779. The highest BCUT2D eigenvalue weighted by Crippen LogP contribution is 2.21. The maximum atomic E-state index is 12.3. The van der Waals surface area contributed by atoms with Crippen molar-refractivity contribution in [1.29, 1.82) is 0 Å². The molecule has 2 rings (SSSR count). The maximum Gasteiger partial charge on any atom is 0.217 e. The summed E-state index contributed by atoms with van der Waals surface area (Å²) >= 11 is 0. The van der Waals surface area contributed by atoms with E-state index in [0.29, 0.717) is 5.76 Å². The van der Waals surface area contributed by atoms with Crippen LogP contribution < -0.4 is 5.32 Å². The fourth-order valence-corrected chi connectivity index (χ4v) is 2.08. The molecule has 88 valence electrons. The molecule has 16 heavy (non-hydrogen) atoms. The number of carbonyl (C=O) groups is 1. The average Bonchev–Trinajstić information content (AvgIpc) is 2.82. The Balaban J connectivity index is 2.14. The molecule has 4 nitrogen and oxygen atoms in total. The van der Waals surface area contributed by atoms with Crippen molar-refractivity contribution in [2.75, 3.05) is 26.2 Å². The number of carbonyl (C=O) groups excluding carboxylic acids is 1. The number of nitrogens with zero attached hydrogens (tertiary/aromatic N) is 1. The van der Waals surface area contributed by atoms with Crippen LogP contribution in [0.5, 0.6) is 0 Å². The van der Waals surface area contributed by atoms with Crippen molar-refractivity contribution >= 4 is 5.78 Å². The first-order chi connectivity index (χ1) is 7.62. The molecule has 1 N–H and O–H groups in total. The van der Waals surface area contributed by atoms with Gasteiger partial charge in [0.05, 0.1) is 11.8 Å². The Morgan fingerprint density at radius 3 is 2.69 bits per heavy atom. The van der Waals surface area contributed by atoms with Crippen LogP contribution in [0.2, 0.25) is 0 Å². The third kappa shape index (κ3) is 2.03. The van der Waals surface area contributed by atoms with Gasteiger partial charge in [0, 0.05) is 26.2 Å². The molecule has 0 atom stereocenters. The number of piperazine rings is 1. The van der Waals surface area contributed by atoms with E-state index >= 15 is 0 Å². The van der Waals surface area contributed by atoms with Gasteiger partial charge in [0.1, 0.15) is 0 Å². The average molecular weight is 222 g/mol. The molecule has 0 bridgehead atoms. The molecule has 1 aromatic rings. The van der Waals surface area contributed by atoms with Crippen molar-refractivity contribution < 1.29 is 9.21 Å². The van der Waals surface area contributed by atoms with Crippen LogP contribution in [0, 0.1) is 0 Å². The minimum Gasteiger partial charge on any atom is -0.461 e. The normalized spacial score (nSPS) is 18.6. The Hall–Kier alpha value is -1.13. The SMILES string of the molecule is CC(C)(C(=O)c1ccco1)N1CCNCC1. The fourth-order valence-electron chi connectivity index (χ4n) is 2.08. The fraction of sp³-hybridized carbons (Fsp3) is 0.583. The van der Waals surface area contributed by atoms with Crippen molar-refractivity contribution in [3.63, 3.8) is 0 Å². The van der Waals surface area contributed by atoms with Gasteiger partial charge in [-0.3, -0.25) is 9.69 Å².